The average Bonchev–Trinajstić information content (AvgIpc) is 1.55. The molecule has 5 aliphatic carbocycles. The molecule has 3 N–H and O–H groups in total. The first-order valence-electron chi connectivity index (χ1n) is 46.0. The Morgan fingerprint density at radius 2 is 1.34 bits per heavy atom. The van der Waals surface area contributed by atoms with Crippen LogP contribution in [0.4, 0.5) is 13.9 Å². The van der Waals surface area contributed by atoms with E-state index < -0.39 is 107 Å². The number of carboxylic acid groups (broad SMARTS) is 1. The Balaban J connectivity index is 0.000000197. The molecule has 9 fully saturated rings. The second-order valence-electron chi connectivity index (χ2n) is 38.8. The number of amides is 2. The van der Waals surface area contributed by atoms with Gasteiger partial charge in [-0.1, -0.05) is 109 Å². The minimum atomic E-state index is -4.44. The van der Waals surface area contributed by atoms with Crippen LogP contribution in [0.25, 0.3) is 44.6 Å². The number of aromatic nitrogens is 4. The lowest BCUT2D eigenvalue weighted by Crippen LogP contribution is -2.48. The van der Waals surface area contributed by atoms with E-state index >= 15 is 8.78 Å². The molecule has 128 heavy (non-hydrogen) atoms. The number of carboxylic acids is 1. The van der Waals surface area contributed by atoms with Gasteiger partial charge in [0.25, 0.3) is 0 Å². The van der Waals surface area contributed by atoms with E-state index in [-0.39, 0.29) is 111 Å². The third kappa shape index (κ3) is 21.7. The number of hydrogen-bond donors (Lipinski definition) is 3. The van der Waals surface area contributed by atoms with Gasteiger partial charge in [0.15, 0.2) is 16.7 Å². The summed E-state index contributed by atoms with van der Waals surface area (Å²) in [7, 11) is -2.93. The molecule has 4 aliphatic heterocycles. The van der Waals surface area contributed by atoms with Crippen molar-refractivity contribution in [2.24, 2.45) is 52.3 Å². The zero-order valence-corrected chi connectivity index (χ0v) is 78.7. The zero-order chi connectivity index (χ0) is 90.8. The summed E-state index contributed by atoms with van der Waals surface area (Å²) in [6.45, 7) is 20.3. The Labute approximate surface area is 765 Å². The molecule has 5 saturated carbocycles. The van der Waals surface area contributed by atoms with Gasteiger partial charge in [0.05, 0.1) is 114 Å². The predicted molar refractivity (Wildman–Crippen MR) is 487 cm³/mol. The van der Waals surface area contributed by atoms with E-state index in [0.29, 0.717) is 147 Å². The summed E-state index contributed by atoms with van der Waals surface area (Å²) in [6, 6.07) is 12.2. The van der Waals surface area contributed by atoms with Crippen LogP contribution in [0.1, 0.15) is 214 Å². The number of ether oxygens (including phenoxy) is 7. The maximum Gasteiger partial charge on any atom is 0.310 e. The number of carbonyl (C=O) groups is 7. The van der Waals surface area contributed by atoms with Crippen molar-refractivity contribution in [2.75, 3.05) is 65.0 Å². The molecule has 0 spiro atoms. The van der Waals surface area contributed by atoms with Gasteiger partial charge in [-0.3, -0.25) is 43.0 Å². The number of morpholine rings is 1. The highest BCUT2D eigenvalue weighted by molar-refractivity contribution is 7.59. The topological polar surface area (TPSA) is 315 Å². The Hall–Kier alpha value is -8.02. The number of aliphatic carboxylic acids is 1. The molecule has 16 rings (SSSR count). The molecule has 2 amide bonds. The number of nitrogens with one attached hydrogen (secondary N) is 1. The fraction of sp³-hybridized carbons (Fsp3) is 0.615. The number of anilines is 1. The number of hydrogen-bond acceptors (Lipinski definition) is 23. The van der Waals surface area contributed by atoms with Gasteiger partial charge in [-0.05, 0) is 156 Å². The highest BCUT2D eigenvalue weighted by atomic mass is 35.5. The number of Topliss-reactive ketones (excluding diaryl/α,β-unsaturated/α-hetero) is 2. The van der Waals surface area contributed by atoms with Crippen LogP contribution in [-0.4, -0.2) is 193 Å². The highest BCUT2D eigenvalue weighted by Gasteiger charge is 2.66. The fourth-order valence-corrected chi connectivity index (χ4v) is 25.4. The van der Waals surface area contributed by atoms with Gasteiger partial charge in [-0.15, -0.1) is 22.7 Å². The standard InChI is InChI=1S/C48H58ClF2N4O8PS.C48H63ClN4O9S/c1-28(2)52-47-54-38(27-65-47)37-22-42(33-18-19-41(61-3)44(49)45(33)53-37)62-32-21-39-40(56)24-48(64(59,60)26-34-35(50)16-11-17-36(34)51)23-30(48)13-8-6-4-5-7-12-29(46(58)55(39)25-32)20-43(57)63-31-14-9-10-15-31;1-7-30-23-48(30,46(57)58)24-38(54)37-20-32(25-53(37)45(56)34(47(4,5)6)21-42(55)62-31-18-28-17-29(28)19-31)61-40-22-35(36-26-63-41(50-36)16-27(2)3)51-44-33(40)8-9-39(43(44)49)60-15-12-52-10-13-59-14-11-52/h11,16-19,22,27-32,39H,4-10,12-15,20-21,23-26H2,1-3H3,(H,52,54)(H,59,60);8-9,22,26-32,34,37H,7,10-21,23-25H2,1-6H3,(H,57,58)/t29-,30-,32-,39+,48-;28-,29+,30-,31?,32+,34+,37-,48+/m10/s1. The maximum atomic E-state index is 15.0. The SMILES string of the molecule is CC[C@H]1C[C@]1(CC(=O)[C@@H]1C[C@@H](Oc2cc(-c3csc(CC(C)C)n3)nc3c(Cl)c(OCCN4CCOCC4)ccc23)CN1C(=O)[C@@H](CC(=O)OC1C[C@@H]2C[C@@H]2C1)C(C)(C)C)C(=O)O.COc1ccc2c(O[C@@H]3C[C@H]4C(=O)C[C@]5(P(=O)(O)Cc6c(F)cccc6F)C[C@H]5CCCCCCC[C@H](CC(=O)OC5CCCC5)C(=O)N4C3)cc(-c3csc(NC(C)C)n3)nc2c1Cl. The Kier molecular flexibility index (Phi) is 29.7. The van der Waals surface area contributed by atoms with Gasteiger partial charge in [-0.25, -0.2) is 28.7 Å². The molecule has 692 valence electrons. The average molecular weight is 1860 g/mol. The maximum absolute atomic E-state index is 15.0. The normalized spacial score (nSPS) is 26.3. The number of nitrogens with zero attached hydrogens (tertiary/aromatic N) is 7. The third-order valence-electron chi connectivity index (χ3n) is 27.8. The number of halogens is 4. The Morgan fingerprint density at radius 3 is 1.97 bits per heavy atom. The molecule has 3 aromatic carbocycles. The number of likely N-dealkylation sites (tertiary alicyclic amines) is 1. The van der Waals surface area contributed by atoms with E-state index in [4.69, 9.17) is 76.3 Å². The summed E-state index contributed by atoms with van der Waals surface area (Å²) >= 11 is 17.0. The number of esters is 2. The molecule has 7 aromatic rings. The molecule has 4 aromatic heterocycles. The lowest BCUT2D eigenvalue weighted by atomic mass is 9.77. The number of ketones is 2. The van der Waals surface area contributed by atoms with Crippen LogP contribution in [0.2, 0.25) is 10.0 Å². The number of benzene rings is 3. The van der Waals surface area contributed by atoms with Gasteiger partial charge >= 0.3 is 17.9 Å². The molecule has 14 atom stereocenters. The highest BCUT2D eigenvalue weighted by Crippen LogP contribution is 2.75. The quantitative estimate of drug-likeness (QED) is 0.0278. The molecule has 2 unspecified atom stereocenters. The largest absolute Gasteiger partial charge is 0.495 e. The molecule has 32 heteroatoms. The molecule has 9 aliphatic rings. The van der Waals surface area contributed by atoms with Crippen LogP contribution in [0.5, 0.6) is 23.0 Å². The predicted octanol–water partition coefficient (Wildman–Crippen LogP) is 19.0. The number of rotatable bonds is 30. The number of fused-ring (bicyclic) bond motifs is 5. The zero-order valence-electron chi connectivity index (χ0n) is 74.7. The van der Waals surface area contributed by atoms with Crippen molar-refractivity contribution >= 4 is 121 Å². The van der Waals surface area contributed by atoms with Crippen LogP contribution < -0.4 is 24.3 Å². The monoisotopic (exact) mass is 1860 g/mol. The lowest BCUT2D eigenvalue weighted by molar-refractivity contribution is -0.157. The van der Waals surface area contributed by atoms with Crippen LogP contribution >= 0.6 is 53.2 Å². The second-order valence-corrected chi connectivity index (χ2v) is 44.0. The van der Waals surface area contributed by atoms with Crippen LogP contribution in [-0.2, 0) is 64.9 Å². The minimum Gasteiger partial charge on any atom is -0.495 e. The van der Waals surface area contributed by atoms with E-state index in [0.717, 1.165) is 107 Å². The molecule has 4 saturated heterocycles. The van der Waals surface area contributed by atoms with E-state index in [9.17, 15) is 48.1 Å². The van der Waals surface area contributed by atoms with Crippen molar-refractivity contribution in [3.8, 4) is 45.8 Å². The van der Waals surface area contributed by atoms with Gasteiger partial charge in [0.2, 0.25) is 19.2 Å². The minimum absolute atomic E-state index is 0.0146. The fourth-order valence-electron chi connectivity index (χ4n) is 20.4. The number of methoxy groups -OCH3 is 1. The molecule has 25 nitrogen and oxygen atoms in total. The van der Waals surface area contributed by atoms with E-state index in [1.54, 1.807) is 34.4 Å². The van der Waals surface area contributed by atoms with Crippen molar-refractivity contribution in [2.45, 2.75) is 263 Å². The van der Waals surface area contributed by atoms with Gasteiger partial charge in [-0.2, -0.15) is 0 Å². The van der Waals surface area contributed by atoms with Crippen molar-refractivity contribution in [1.82, 2.24) is 34.6 Å². The first-order chi connectivity index (χ1) is 61.2. The van der Waals surface area contributed by atoms with Gasteiger partial charge in [0, 0.05) is 103 Å². The molecular formula is C96H121Cl2F2N8O17PS2. The van der Waals surface area contributed by atoms with Gasteiger partial charge < -0.3 is 58.3 Å². The smallest absolute Gasteiger partial charge is 0.310 e. The molecule has 0 radical (unpaired) electrons. The van der Waals surface area contributed by atoms with Crippen molar-refractivity contribution < 1.29 is 90.1 Å². The summed E-state index contributed by atoms with van der Waals surface area (Å²) in [5.74, 6) is -3.69. The van der Waals surface area contributed by atoms with E-state index in [1.807, 2.05) is 70.5 Å². The van der Waals surface area contributed by atoms with E-state index in [1.165, 1.54) is 35.8 Å². The van der Waals surface area contributed by atoms with Crippen LogP contribution in [0.3, 0.4) is 0 Å². The summed E-state index contributed by atoms with van der Waals surface area (Å²) in [4.78, 5) is 136. The van der Waals surface area contributed by atoms with Gasteiger partial charge in [0.1, 0.15) is 81.4 Å². The first kappa shape index (κ1) is 94.6. The Bertz CT molecular complexity index is 5280. The number of pyridine rings is 2. The van der Waals surface area contributed by atoms with E-state index in [2.05, 4.69) is 24.1 Å². The number of carbonyl (C=O) groups excluding carboxylic acids is 6. The summed E-state index contributed by atoms with van der Waals surface area (Å²) in [5, 5.41) is 19.5. The first-order valence-corrected chi connectivity index (χ1v) is 50.3. The second kappa shape index (κ2) is 40.2. The summed E-state index contributed by atoms with van der Waals surface area (Å²) < 4.78 is 87.3. The third-order valence-corrected chi connectivity index (χ3v) is 33.0. The van der Waals surface area contributed by atoms with Crippen molar-refractivity contribution in [3.05, 3.63) is 97.6 Å². The summed E-state index contributed by atoms with van der Waals surface area (Å²) in [6.07, 6.45) is 10.5. The number of thiazole rings is 2. The lowest BCUT2D eigenvalue weighted by Gasteiger charge is -2.35. The molecule has 0 bridgehead atoms. The Morgan fingerprint density at radius 1 is 0.719 bits per heavy atom. The molecule has 8 heterocycles. The summed E-state index contributed by atoms with van der Waals surface area (Å²) in [5.41, 5.74) is 0.884. The van der Waals surface area contributed by atoms with Crippen LogP contribution in [0, 0.1) is 63.9 Å². The van der Waals surface area contributed by atoms with Crippen molar-refractivity contribution in [1.29, 1.82) is 0 Å². The van der Waals surface area contributed by atoms with Crippen molar-refractivity contribution in [3.63, 3.8) is 0 Å². The molecular weight excluding hydrogens is 1740 g/mol. The van der Waals surface area contributed by atoms with Crippen LogP contribution in [0.15, 0.2) is 65.4 Å².